The van der Waals surface area contributed by atoms with E-state index in [4.69, 9.17) is 4.74 Å². The van der Waals surface area contributed by atoms with Crippen molar-refractivity contribution in [3.05, 3.63) is 40.0 Å². The fourth-order valence-corrected chi connectivity index (χ4v) is 3.08. The van der Waals surface area contributed by atoms with Crippen LogP contribution in [0.5, 0.6) is 0 Å². The number of fused-ring (bicyclic) bond motifs is 1. The van der Waals surface area contributed by atoms with E-state index in [0.29, 0.717) is 0 Å². The van der Waals surface area contributed by atoms with Crippen LogP contribution in [0.15, 0.2) is 17.7 Å². The predicted molar refractivity (Wildman–Crippen MR) is 98.0 cm³/mol. The molecule has 0 radical (unpaired) electrons. The third kappa shape index (κ3) is 4.78. The molecular weight excluding hydrogens is 391 g/mol. The van der Waals surface area contributed by atoms with E-state index in [9.17, 15) is 32.7 Å². The largest absolute Gasteiger partial charge is 0.506 e. The second kappa shape index (κ2) is 7.53. The van der Waals surface area contributed by atoms with Crippen molar-refractivity contribution in [3.63, 3.8) is 0 Å². The van der Waals surface area contributed by atoms with Crippen LogP contribution in [0, 0.1) is 6.92 Å². The van der Waals surface area contributed by atoms with Gasteiger partial charge in [0.1, 0.15) is 23.5 Å². The van der Waals surface area contributed by atoms with E-state index in [0.717, 1.165) is 12.1 Å². The Morgan fingerprint density at radius 2 is 1.79 bits per heavy atom. The molecule has 0 spiro atoms. The molecule has 158 valence electrons. The van der Waals surface area contributed by atoms with E-state index >= 15 is 0 Å². The van der Waals surface area contributed by atoms with E-state index in [2.05, 4.69) is 5.32 Å². The molecular formula is C20H22F3NO5. The monoisotopic (exact) mass is 413 g/mol. The number of carbonyl (C=O) groups is 3. The molecule has 1 aromatic carbocycles. The minimum atomic E-state index is -4.62. The van der Waals surface area contributed by atoms with Gasteiger partial charge in [-0.15, -0.1) is 0 Å². The number of Topliss-reactive ketones (excluding diaryl/α,β-unsaturated/α-hetero) is 1. The number of halogens is 3. The lowest BCUT2D eigenvalue weighted by Crippen LogP contribution is -2.38. The lowest BCUT2D eigenvalue weighted by Gasteiger charge is -2.26. The molecule has 1 aromatic rings. The number of esters is 1. The summed E-state index contributed by atoms with van der Waals surface area (Å²) in [6.07, 6.45) is -4.62. The van der Waals surface area contributed by atoms with Crippen molar-refractivity contribution < 1.29 is 37.4 Å². The van der Waals surface area contributed by atoms with Crippen molar-refractivity contribution in [1.29, 1.82) is 0 Å². The summed E-state index contributed by atoms with van der Waals surface area (Å²) < 4.78 is 44.3. The molecule has 0 bridgehead atoms. The number of ether oxygens (including phenoxy) is 1. The van der Waals surface area contributed by atoms with Crippen LogP contribution in [-0.4, -0.2) is 34.9 Å². The highest BCUT2D eigenvalue weighted by atomic mass is 19.4. The zero-order chi connectivity index (χ0) is 22.3. The second-order valence-corrected chi connectivity index (χ2v) is 7.83. The third-order valence-corrected chi connectivity index (χ3v) is 4.31. The number of rotatable bonds is 3. The predicted octanol–water partition coefficient (Wildman–Crippen LogP) is 3.43. The summed E-state index contributed by atoms with van der Waals surface area (Å²) in [6.45, 7) is 7.10. The van der Waals surface area contributed by atoms with Gasteiger partial charge in [-0.25, -0.2) is 0 Å². The molecule has 6 nitrogen and oxygen atoms in total. The number of nitrogens with one attached hydrogen (secondary N) is 1. The number of ketones is 1. The number of carbonyl (C=O) groups excluding carboxylic acids is 3. The van der Waals surface area contributed by atoms with Gasteiger partial charge in [-0.3, -0.25) is 14.4 Å². The van der Waals surface area contributed by atoms with Gasteiger partial charge in [-0.1, -0.05) is 6.92 Å². The summed E-state index contributed by atoms with van der Waals surface area (Å²) in [5, 5.41) is 12.7. The van der Waals surface area contributed by atoms with E-state index in [1.165, 1.54) is 13.8 Å². The Hall–Kier alpha value is -2.84. The van der Waals surface area contributed by atoms with Gasteiger partial charge < -0.3 is 15.2 Å². The smallest absolute Gasteiger partial charge is 0.416 e. The van der Waals surface area contributed by atoms with Crippen molar-refractivity contribution in [2.24, 2.45) is 0 Å². The molecule has 0 saturated heterocycles. The Bertz CT molecular complexity index is 910. The number of alkyl halides is 3. The Kier molecular flexibility index (Phi) is 5.83. The first-order valence-electron chi connectivity index (χ1n) is 8.83. The van der Waals surface area contributed by atoms with Crippen LogP contribution in [0.2, 0.25) is 0 Å². The quantitative estimate of drug-likeness (QED) is 0.585. The van der Waals surface area contributed by atoms with Crippen LogP contribution in [0.3, 0.4) is 0 Å². The summed E-state index contributed by atoms with van der Waals surface area (Å²) >= 11 is 0. The summed E-state index contributed by atoms with van der Waals surface area (Å²) in [6, 6.07) is 1.64. The van der Waals surface area contributed by atoms with Crippen LogP contribution < -0.4 is 5.32 Å². The van der Waals surface area contributed by atoms with Crippen LogP contribution in [0.25, 0.3) is 5.76 Å². The van der Waals surface area contributed by atoms with E-state index in [1.807, 2.05) is 0 Å². The molecule has 1 amide bonds. The Labute approximate surface area is 165 Å². The minimum absolute atomic E-state index is 0.00696. The number of hydrogen-bond acceptors (Lipinski definition) is 5. The van der Waals surface area contributed by atoms with E-state index < -0.39 is 58.8 Å². The van der Waals surface area contributed by atoms with Gasteiger partial charge in [0.05, 0.1) is 5.56 Å². The van der Waals surface area contributed by atoms with Crippen LogP contribution in [0.1, 0.15) is 55.9 Å². The molecule has 0 fully saturated rings. The lowest BCUT2D eigenvalue weighted by molar-refractivity contribution is -0.154. The number of aliphatic hydroxyl groups is 1. The fraction of sp³-hybridized carbons (Fsp3) is 0.450. The van der Waals surface area contributed by atoms with E-state index in [1.54, 1.807) is 20.8 Å². The second-order valence-electron chi connectivity index (χ2n) is 7.83. The highest BCUT2D eigenvalue weighted by molar-refractivity contribution is 6.27. The standard InChI is InChI=1S/C20H22F3NO5/c1-9-6-11(20(21,22)23)7-12-10(2)16(26)15(17(27)14(9)12)18(28)24-8-13(25)29-19(3,4)5/h6-7,10,27H,8H2,1-5H3,(H,24,28). The Morgan fingerprint density at radius 3 is 2.31 bits per heavy atom. The van der Waals surface area contributed by atoms with Crippen molar-refractivity contribution in [3.8, 4) is 0 Å². The van der Waals surface area contributed by atoms with Crippen molar-refractivity contribution in [2.45, 2.75) is 52.3 Å². The average Bonchev–Trinajstić information content (AvgIpc) is 2.55. The number of hydrogen-bond donors (Lipinski definition) is 2. The molecule has 2 rings (SSSR count). The topological polar surface area (TPSA) is 92.7 Å². The third-order valence-electron chi connectivity index (χ3n) is 4.31. The molecule has 1 aliphatic carbocycles. The van der Waals surface area contributed by atoms with Crippen molar-refractivity contribution in [2.75, 3.05) is 6.54 Å². The maximum atomic E-state index is 13.1. The van der Waals surface area contributed by atoms with Crippen LogP contribution in [-0.2, 0) is 25.3 Å². The number of aliphatic hydroxyl groups excluding tert-OH is 1. The highest BCUT2D eigenvalue weighted by Gasteiger charge is 2.39. The number of aryl methyl sites for hydroxylation is 1. The van der Waals surface area contributed by atoms with Gasteiger partial charge in [0.15, 0.2) is 5.78 Å². The average molecular weight is 413 g/mol. The van der Waals surface area contributed by atoms with Crippen LogP contribution >= 0.6 is 0 Å². The maximum Gasteiger partial charge on any atom is 0.416 e. The molecule has 0 aliphatic heterocycles. The molecule has 0 heterocycles. The first kappa shape index (κ1) is 22.4. The van der Waals surface area contributed by atoms with Gasteiger partial charge in [-0.05, 0) is 51.0 Å². The first-order chi connectivity index (χ1) is 13.1. The summed E-state index contributed by atoms with van der Waals surface area (Å²) in [7, 11) is 0. The molecule has 0 aromatic heterocycles. The SMILES string of the molecule is Cc1cc(C(F)(F)F)cc2c1C(O)=C(C(=O)NCC(=O)OC(C)(C)C)C(=O)C2C. The first-order valence-corrected chi connectivity index (χ1v) is 8.83. The zero-order valence-electron chi connectivity index (χ0n) is 16.7. The lowest BCUT2D eigenvalue weighted by atomic mass is 9.79. The molecule has 1 unspecified atom stereocenters. The minimum Gasteiger partial charge on any atom is -0.506 e. The number of benzene rings is 1. The molecule has 29 heavy (non-hydrogen) atoms. The molecule has 1 aliphatic rings. The van der Waals surface area contributed by atoms with Crippen LogP contribution in [0.4, 0.5) is 13.2 Å². The normalized spacial score (nSPS) is 17.1. The summed E-state index contributed by atoms with van der Waals surface area (Å²) in [4.78, 5) is 36.8. The number of amides is 1. The van der Waals surface area contributed by atoms with Gasteiger partial charge in [-0.2, -0.15) is 13.2 Å². The van der Waals surface area contributed by atoms with E-state index in [-0.39, 0.29) is 16.7 Å². The highest BCUT2D eigenvalue weighted by Crippen LogP contribution is 2.41. The van der Waals surface area contributed by atoms with Gasteiger partial charge in [0.2, 0.25) is 0 Å². The van der Waals surface area contributed by atoms with Crippen molar-refractivity contribution in [1.82, 2.24) is 5.32 Å². The summed E-state index contributed by atoms with van der Waals surface area (Å²) in [5.41, 5.74) is -2.25. The van der Waals surface area contributed by atoms with Gasteiger partial charge in [0, 0.05) is 11.5 Å². The zero-order valence-corrected chi connectivity index (χ0v) is 16.7. The summed E-state index contributed by atoms with van der Waals surface area (Å²) in [5.74, 6) is -4.38. The molecule has 9 heteroatoms. The van der Waals surface area contributed by atoms with Gasteiger partial charge in [0.25, 0.3) is 5.91 Å². The fourth-order valence-electron chi connectivity index (χ4n) is 3.08. The van der Waals surface area contributed by atoms with Crippen molar-refractivity contribution >= 4 is 23.4 Å². The maximum absolute atomic E-state index is 13.1. The molecule has 2 N–H and O–H groups in total. The van der Waals surface area contributed by atoms with Gasteiger partial charge >= 0.3 is 12.1 Å². The molecule has 1 atom stereocenters. The Balaban J connectivity index is 2.40. The molecule has 0 saturated carbocycles. The Morgan fingerprint density at radius 1 is 1.21 bits per heavy atom.